The van der Waals surface area contributed by atoms with Crippen LogP contribution in [0.3, 0.4) is 0 Å². The predicted molar refractivity (Wildman–Crippen MR) is 84.4 cm³/mol. The first-order valence-electron chi connectivity index (χ1n) is 7.35. The zero-order valence-corrected chi connectivity index (χ0v) is 13.8. The third-order valence-electron chi connectivity index (χ3n) is 3.74. The van der Waals surface area contributed by atoms with E-state index in [2.05, 4.69) is 10.1 Å². The molecule has 3 rings (SSSR count). The van der Waals surface area contributed by atoms with Gasteiger partial charge in [-0.25, -0.2) is 9.59 Å². The molecular weight excluding hydrogens is 330 g/mol. The number of esters is 1. The quantitative estimate of drug-likeness (QED) is 0.552. The third kappa shape index (κ3) is 2.91. The number of methoxy groups -OCH3 is 1. The van der Waals surface area contributed by atoms with Crippen LogP contribution in [0.2, 0.25) is 0 Å². The Labute approximate surface area is 141 Å². The van der Waals surface area contributed by atoms with Crippen LogP contribution in [0.1, 0.15) is 32.1 Å². The molecule has 0 aliphatic carbocycles. The Kier molecular flexibility index (Phi) is 4.14. The molecule has 0 saturated heterocycles. The Morgan fingerprint density at radius 3 is 2.76 bits per heavy atom. The highest BCUT2D eigenvalue weighted by atomic mass is 16.5. The Morgan fingerprint density at radius 1 is 1.36 bits per heavy atom. The van der Waals surface area contributed by atoms with E-state index >= 15 is 0 Å². The minimum absolute atomic E-state index is 0.0163. The van der Waals surface area contributed by atoms with E-state index in [1.165, 1.54) is 13.4 Å². The van der Waals surface area contributed by atoms with E-state index in [0.717, 1.165) is 4.68 Å². The number of nitrogens with one attached hydrogen (secondary N) is 1. The molecule has 130 valence electrons. The normalized spacial score (nSPS) is 10.8. The van der Waals surface area contributed by atoms with Gasteiger partial charge in [0, 0.05) is 5.69 Å². The molecule has 3 aromatic heterocycles. The number of furan rings is 1. The van der Waals surface area contributed by atoms with Crippen molar-refractivity contribution in [3.63, 3.8) is 0 Å². The topological polar surface area (TPSA) is 120 Å². The minimum Gasteiger partial charge on any atom is -0.465 e. The van der Waals surface area contributed by atoms with Crippen molar-refractivity contribution in [2.75, 3.05) is 7.11 Å². The fourth-order valence-corrected chi connectivity index (χ4v) is 2.56. The van der Waals surface area contributed by atoms with E-state index in [1.807, 2.05) is 0 Å². The average Bonchev–Trinajstić information content (AvgIpc) is 3.28. The molecule has 0 aromatic carbocycles. The standard InChI is InChI=1S/C16H15N3O6/c1-8-12(15(21)23-3)9(2)17-13(8)10(20)7-19-16(22)25-14(18-19)11-5-4-6-24-11/h4-6,17H,7H2,1-3H3. The van der Waals surface area contributed by atoms with Gasteiger partial charge >= 0.3 is 11.7 Å². The van der Waals surface area contributed by atoms with Crippen LogP contribution in [0, 0.1) is 13.8 Å². The van der Waals surface area contributed by atoms with Crippen LogP contribution in [-0.4, -0.2) is 33.6 Å². The molecule has 0 unspecified atom stereocenters. The molecule has 3 heterocycles. The second kappa shape index (κ2) is 6.27. The lowest BCUT2D eigenvalue weighted by Gasteiger charge is -2.00. The summed E-state index contributed by atoms with van der Waals surface area (Å²) >= 11 is 0. The summed E-state index contributed by atoms with van der Waals surface area (Å²) in [5.41, 5.74) is 1.48. The molecule has 0 fully saturated rings. The molecule has 0 saturated carbocycles. The van der Waals surface area contributed by atoms with Crippen molar-refractivity contribution in [2.45, 2.75) is 20.4 Å². The number of hydrogen-bond donors (Lipinski definition) is 1. The second-order valence-electron chi connectivity index (χ2n) is 5.35. The van der Waals surface area contributed by atoms with E-state index in [-0.39, 0.29) is 23.9 Å². The van der Waals surface area contributed by atoms with E-state index in [9.17, 15) is 14.4 Å². The highest BCUT2D eigenvalue weighted by molar-refractivity contribution is 6.01. The summed E-state index contributed by atoms with van der Waals surface area (Å²) in [7, 11) is 1.26. The van der Waals surface area contributed by atoms with Crippen LogP contribution in [-0.2, 0) is 11.3 Å². The maximum atomic E-state index is 12.5. The molecule has 0 bridgehead atoms. The summed E-state index contributed by atoms with van der Waals surface area (Å²) in [5.74, 6) is -1.48. The number of nitrogens with zero attached hydrogens (tertiary/aromatic N) is 2. The zero-order valence-electron chi connectivity index (χ0n) is 13.8. The number of carbonyl (C=O) groups excluding carboxylic acids is 2. The fraction of sp³-hybridized carbons (Fsp3) is 0.250. The SMILES string of the molecule is COC(=O)c1c(C)[nH]c(C(=O)Cn2nc(-c3ccco3)oc2=O)c1C. The maximum absolute atomic E-state index is 12.5. The number of H-pyrrole nitrogens is 1. The molecule has 1 N–H and O–H groups in total. The number of ether oxygens (including phenoxy) is 1. The summed E-state index contributed by atoms with van der Waals surface area (Å²) < 4.78 is 15.7. The number of aromatic amines is 1. The first-order chi connectivity index (χ1) is 11.9. The summed E-state index contributed by atoms with van der Waals surface area (Å²) in [5, 5.41) is 3.95. The Morgan fingerprint density at radius 2 is 2.12 bits per heavy atom. The van der Waals surface area contributed by atoms with Gasteiger partial charge in [0.2, 0.25) is 5.78 Å². The Balaban J connectivity index is 1.89. The van der Waals surface area contributed by atoms with Crippen LogP contribution in [0.25, 0.3) is 11.7 Å². The number of carbonyl (C=O) groups is 2. The van der Waals surface area contributed by atoms with Gasteiger partial charge in [0.05, 0.1) is 24.6 Å². The molecule has 9 heteroatoms. The van der Waals surface area contributed by atoms with Crippen molar-refractivity contribution in [3.05, 3.63) is 51.5 Å². The van der Waals surface area contributed by atoms with Crippen molar-refractivity contribution in [2.24, 2.45) is 0 Å². The van der Waals surface area contributed by atoms with Crippen molar-refractivity contribution < 1.29 is 23.2 Å². The zero-order chi connectivity index (χ0) is 18.1. The summed E-state index contributed by atoms with van der Waals surface area (Å²) in [6.07, 6.45) is 1.42. The molecule has 0 amide bonds. The van der Waals surface area contributed by atoms with Crippen LogP contribution in [0.5, 0.6) is 0 Å². The lowest BCUT2D eigenvalue weighted by molar-refractivity contribution is 0.0599. The first kappa shape index (κ1) is 16.5. The van der Waals surface area contributed by atoms with Crippen LogP contribution >= 0.6 is 0 Å². The van der Waals surface area contributed by atoms with Crippen LogP contribution in [0.15, 0.2) is 32.0 Å². The van der Waals surface area contributed by atoms with Gasteiger partial charge in [-0.3, -0.25) is 4.79 Å². The molecule has 0 radical (unpaired) electrons. The minimum atomic E-state index is -0.783. The number of Topliss-reactive ketones (excluding diaryl/α,β-unsaturated/α-hetero) is 1. The van der Waals surface area contributed by atoms with Gasteiger partial charge in [-0.15, -0.1) is 5.10 Å². The van der Waals surface area contributed by atoms with Gasteiger partial charge in [0.15, 0.2) is 5.76 Å². The molecule has 0 atom stereocenters. The van der Waals surface area contributed by atoms with Crippen molar-refractivity contribution in [1.82, 2.24) is 14.8 Å². The van der Waals surface area contributed by atoms with Gasteiger partial charge in [-0.1, -0.05) is 0 Å². The van der Waals surface area contributed by atoms with Crippen LogP contribution in [0.4, 0.5) is 0 Å². The maximum Gasteiger partial charge on any atom is 0.437 e. The smallest absolute Gasteiger partial charge is 0.437 e. The number of hydrogen-bond acceptors (Lipinski definition) is 7. The van der Waals surface area contributed by atoms with E-state index < -0.39 is 17.5 Å². The Bertz CT molecular complexity index is 990. The fourth-order valence-electron chi connectivity index (χ4n) is 2.56. The van der Waals surface area contributed by atoms with Crippen molar-refractivity contribution in [3.8, 4) is 11.7 Å². The molecule has 0 spiro atoms. The number of aryl methyl sites for hydroxylation is 1. The van der Waals surface area contributed by atoms with Gasteiger partial charge in [0.1, 0.15) is 6.54 Å². The highest BCUT2D eigenvalue weighted by Crippen LogP contribution is 2.20. The molecule has 0 aliphatic heterocycles. The highest BCUT2D eigenvalue weighted by Gasteiger charge is 2.24. The average molecular weight is 345 g/mol. The van der Waals surface area contributed by atoms with E-state index in [0.29, 0.717) is 16.8 Å². The third-order valence-corrected chi connectivity index (χ3v) is 3.74. The molecule has 9 nitrogen and oxygen atoms in total. The molecule has 25 heavy (non-hydrogen) atoms. The first-order valence-corrected chi connectivity index (χ1v) is 7.35. The number of ketones is 1. The van der Waals surface area contributed by atoms with Gasteiger partial charge in [0.25, 0.3) is 5.89 Å². The van der Waals surface area contributed by atoms with Crippen LogP contribution < -0.4 is 5.76 Å². The van der Waals surface area contributed by atoms with Crippen molar-refractivity contribution >= 4 is 11.8 Å². The van der Waals surface area contributed by atoms with E-state index in [4.69, 9.17) is 13.6 Å². The lowest BCUT2D eigenvalue weighted by Crippen LogP contribution is -2.22. The summed E-state index contributed by atoms with van der Waals surface area (Å²) in [6.45, 7) is 2.95. The Hall–Kier alpha value is -3.36. The summed E-state index contributed by atoms with van der Waals surface area (Å²) in [6, 6.07) is 3.21. The number of rotatable bonds is 5. The van der Waals surface area contributed by atoms with Gasteiger partial charge in [-0.2, -0.15) is 4.68 Å². The van der Waals surface area contributed by atoms with Gasteiger partial charge < -0.3 is 18.6 Å². The summed E-state index contributed by atoms with van der Waals surface area (Å²) in [4.78, 5) is 39.0. The predicted octanol–water partition coefficient (Wildman–Crippen LogP) is 1.71. The van der Waals surface area contributed by atoms with E-state index in [1.54, 1.807) is 26.0 Å². The van der Waals surface area contributed by atoms with Gasteiger partial charge in [-0.05, 0) is 31.5 Å². The molecule has 0 aliphatic rings. The molecular formula is C16H15N3O6. The largest absolute Gasteiger partial charge is 0.465 e. The monoisotopic (exact) mass is 345 g/mol. The number of aromatic nitrogens is 3. The second-order valence-corrected chi connectivity index (χ2v) is 5.35. The molecule has 3 aromatic rings. The van der Waals surface area contributed by atoms with Crippen molar-refractivity contribution in [1.29, 1.82) is 0 Å². The lowest BCUT2D eigenvalue weighted by atomic mass is 10.1.